The second-order valence-corrected chi connectivity index (χ2v) is 9.65. The van der Waals surface area contributed by atoms with Crippen molar-refractivity contribution in [3.05, 3.63) is 64.0 Å². The predicted molar refractivity (Wildman–Crippen MR) is 136 cm³/mol. The molecule has 36 heavy (non-hydrogen) atoms. The number of hydrogen-bond donors (Lipinski definition) is 4. The number of halogens is 1. The number of hydrogen-bond acceptors (Lipinski definition) is 8. The molecule has 0 spiro atoms. The molecule has 1 amide bonds. The lowest BCUT2D eigenvalue weighted by Gasteiger charge is -2.18. The topological polar surface area (TPSA) is 116 Å². The summed E-state index contributed by atoms with van der Waals surface area (Å²) in [6.07, 6.45) is 1.49. The maximum Gasteiger partial charge on any atom is 0.225 e. The number of imidazole rings is 1. The Bertz CT molecular complexity index is 1350. The molecule has 0 radical (unpaired) electrons. The van der Waals surface area contributed by atoms with Crippen molar-refractivity contribution in [1.82, 2.24) is 30.2 Å². The van der Waals surface area contributed by atoms with Crippen molar-refractivity contribution in [2.24, 2.45) is 5.92 Å². The molecule has 0 bridgehead atoms. The summed E-state index contributed by atoms with van der Waals surface area (Å²) >= 11 is 1.52. The molecule has 5 rings (SSSR count). The van der Waals surface area contributed by atoms with E-state index in [2.05, 4.69) is 25.9 Å². The molecule has 1 saturated heterocycles. The number of aromatic nitrogens is 4. The Kier molecular flexibility index (Phi) is 7.21. The molecule has 0 aliphatic carbocycles. The molecule has 11 heteroatoms. The number of carbonyl (C=O) groups excluding carboxylic acids is 1. The SMILES string of the molecule is CCc1nc2ccc(C(CO)NC(=O)C3CCNC3)nn2c1NCc1nc(-c2ccc(F)cc2)cs1. The van der Waals surface area contributed by atoms with Crippen molar-refractivity contribution in [3.63, 3.8) is 0 Å². The van der Waals surface area contributed by atoms with Gasteiger partial charge in [0.2, 0.25) is 5.91 Å². The Balaban J connectivity index is 1.35. The number of aryl methyl sites for hydroxylation is 1. The van der Waals surface area contributed by atoms with Crippen LogP contribution in [0.15, 0.2) is 41.8 Å². The Hall–Kier alpha value is -3.41. The summed E-state index contributed by atoms with van der Waals surface area (Å²) in [6, 6.07) is 9.30. The molecular formula is C25H28FN7O2S. The van der Waals surface area contributed by atoms with Gasteiger partial charge in [-0.2, -0.15) is 9.61 Å². The molecular weight excluding hydrogens is 481 g/mol. The number of aliphatic hydroxyl groups is 1. The molecule has 4 aromatic rings. The number of amides is 1. The summed E-state index contributed by atoms with van der Waals surface area (Å²) in [6.45, 7) is 3.70. The van der Waals surface area contributed by atoms with Gasteiger partial charge >= 0.3 is 0 Å². The standard InChI is InChI=1S/C25H28FN7O2S/c1-2-18-24(28-12-23-30-21(14-36-23)15-3-5-17(26)6-4-15)33-22(29-18)8-7-19(32-33)20(13-34)31-25(35)16-9-10-27-11-16/h3-8,14,16,20,27-28,34H,2,9-13H2,1H3,(H,31,35). The highest BCUT2D eigenvalue weighted by Crippen LogP contribution is 2.25. The molecule has 0 saturated carbocycles. The highest BCUT2D eigenvalue weighted by molar-refractivity contribution is 7.10. The number of thiazole rings is 1. The highest BCUT2D eigenvalue weighted by atomic mass is 32.1. The second-order valence-electron chi connectivity index (χ2n) is 8.71. The van der Waals surface area contributed by atoms with Gasteiger partial charge in [-0.05, 0) is 55.8 Å². The number of benzene rings is 1. The lowest BCUT2D eigenvalue weighted by molar-refractivity contribution is -0.125. The van der Waals surface area contributed by atoms with Crippen LogP contribution in [0.1, 0.15) is 35.8 Å². The number of carbonyl (C=O) groups is 1. The molecule has 9 nitrogen and oxygen atoms in total. The summed E-state index contributed by atoms with van der Waals surface area (Å²) in [7, 11) is 0. The van der Waals surface area contributed by atoms with E-state index in [1.54, 1.807) is 22.7 Å². The Morgan fingerprint density at radius 3 is 2.83 bits per heavy atom. The molecule has 1 aliphatic rings. The molecule has 4 heterocycles. The fourth-order valence-electron chi connectivity index (χ4n) is 4.29. The average Bonchev–Trinajstić information content (AvgIpc) is 3.66. The minimum atomic E-state index is -0.611. The second kappa shape index (κ2) is 10.7. The first-order chi connectivity index (χ1) is 17.6. The number of anilines is 1. The molecule has 1 fully saturated rings. The fraction of sp³-hybridized carbons (Fsp3) is 0.360. The van der Waals surface area contributed by atoms with Crippen LogP contribution in [0.2, 0.25) is 0 Å². The van der Waals surface area contributed by atoms with E-state index in [9.17, 15) is 14.3 Å². The molecule has 1 aliphatic heterocycles. The van der Waals surface area contributed by atoms with Crippen LogP contribution in [-0.4, -0.2) is 50.3 Å². The Morgan fingerprint density at radius 1 is 1.28 bits per heavy atom. The van der Waals surface area contributed by atoms with Crippen LogP contribution in [0.3, 0.4) is 0 Å². The van der Waals surface area contributed by atoms with Gasteiger partial charge in [-0.15, -0.1) is 11.3 Å². The molecule has 2 unspecified atom stereocenters. The van der Waals surface area contributed by atoms with E-state index in [0.29, 0.717) is 30.9 Å². The van der Waals surface area contributed by atoms with Crippen molar-refractivity contribution in [1.29, 1.82) is 0 Å². The molecule has 4 N–H and O–H groups in total. The summed E-state index contributed by atoms with van der Waals surface area (Å²) in [4.78, 5) is 22.0. The number of fused-ring (bicyclic) bond motifs is 1. The van der Waals surface area contributed by atoms with Crippen LogP contribution in [0.4, 0.5) is 10.2 Å². The van der Waals surface area contributed by atoms with Crippen molar-refractivity contribution in [2.45, 2.75) is 32.4 Å². The van der Waals surface area contributed by atoms with Crippen molar-refractivity contribution >= 4 is 28.7 Å². The minimum absolute atomic E-state index is 0.0834. The van der Waals surface area contributed by atoms with Crippen LogP contribution in [0.25, 0.3) is 16.9 Å². The van der Waals surface area contributed by atoms with Crippen molar-refractivity contribution in [2.75, 3.05) is 25.0 Å². The summed E-state index contributed by atoms with van der Waals surface area (Å²) < 4.78 is 15.0. The van der Waals surface area contributed by atoms with Gasteiger partial charge in [0.25, 0.3) is 0 Å². The lowest BCUT2D eigenvalue weighted by Crippen LogP contribution is -2.37. The monoisotopic (exact) mass is 509 g/mol. The molecule has 188 valence electrons. The highest BCUT2D eigenvalue weighted by Gasteiger charge is 2.26. The third kappa shape index (κ3) is 5.08. The maximum atomic E-state index is 13.2. The van der Waals surface area contributed by atoms with Gasteiger partial charge in [0.1, 0.15) is 10.8 Å². The van der Waals surface area contributed by atoms with E-state index in [4.69, 9.17) is 5.10 Å². The van der Waals surface area contributed by atoms with E-state index in [1.807, 2.05) is 18.4 Å². The third-order valence-corrected chi connectivity index (χ3v) is 7.14. The first kappa shape index (κ1) is 24.3. The molecule has 2 atom stereocenters. The van der Waals surface area contributed by atoms with E-state index in [1.165, 1.54) is 23.5 Å². The van der Waals surface area contributed by atoms with Crippen LogP contribution < -0.4 is 16.0 Å². The van der Waals surface area contributed by atoms with Gasteiger partial charge in [0, 0.05) is 17.5 Å². The summed E-state index contributed by atoms with van der Waals surface area (Å²) in [5.74, 6) is 0.287. The number of nitrogens with one attached hydrogen (secondary N) is 3. The van der Waals surface area contributed by atoms with Gasteiger partial charge in [-0.25, -0.2) is 14.4 Å². The van der Waals surface area contributed by atoms with Crippen LogP contribution in [0, 0.1) is 11.7 Å². The van der Waals surface area contributed by atoms with Crippen LogP contribution >= 0.6 is 11.3 Å². The van der Waals surface area contributed by atoms with Gasteiger partial charge in [-0.1, -0.05) is 6.92 Å². The van der Waals surface area contributed by atoms with Gasteiger partial charge in [0.15, 0.2) is 11.5 Å². The summed E-state index contributed by atoms with van der Waals surface area (Å²) in [5, 5.41) is 27.1. The zero-order chi connectivity index (χ0) is 25.1. The van der Waals surface area contributed by atoms with Gasteiger partial charge < -0.3 is 21.1 Å². The first-order valence-corrected chi connectivity index (χ1v) is 12.9. The first-order valence-electron chi connectivity index (χ1n) is 12.0. The van der Waals surface area contributed by atoms with Crippen LogP contribution in [0.5, 0.6) is 0 Å². The van der Waals surface area contributed by atoms with E-state index in [0.717, 1.165) is 40.7 Å². The number of nitrogens with zero attached hydrogens (tertiary/aromatic N) is 4. The maximum absolute atomic E-state index is 13.2. The van der Waals surface area contributed by atoms with E-state index in [-0.39, 0.29) is 24.2 Å². The van der Waals surface area contributed by atoms with Crippen LogP contribution in [-0.2, 0) is 17.8 Å². The van der Waals surface area contributed by atoms with Crippen molar-refractivity contribution < 1.29 is 14.3 Å². The Labute approximate surface area is 211 Å². The largest absolute Gasteiger partial charge is 0.394 e. The Morgan fingerprint density at radius 2 is 2.11 bits per heavy atom. The molecule has 3 aromatic heterocycles. The van der Waals surface area contributed by atoms with E-state index < -0.39 is 6.04 Å². The zero-order valence-electron chi connectivity index (χ0n) is 19.9. The predicted octanol–water partition coefficient (Wildman–Crippen LogP) is 2.93. The smallest absolute Gasteiger partial charge is 0.225 e. The fourth-order valence-corrected chi connectivity index (χ4v) is 5.03. The molecule has 1 aromatic carbocycles. The normalized spacial score (nSPS) is 16.4. The van der Waals surface area contributed by atoms with Gasteiger partial charge in [0.05, 0.1) is 42.2 Å². The lowest BCUT2D eigenvalue weighted by atomic mass is 10.1. The summed E-state index contributed by atoms with van der Waals surface area (Å²) in [5.41, 5.74) is 3.74. The van der Waals surface area contributed by atoms with Crippen molar-refractivity contribution in [3.8, 4) is 11.3 Å². The minimum Gasteiger partial charge on any atom is -0.394 e. The number of aliphatic hydroxyl groups excluding tert-OH is 1. The average molecular weight is 510 g/mol. The van der Waals surface area contributed by atoms with E-state index >= 15 is 0 Å². The van der Waals surface area contributed by atoms with Gasteiger partial charge in [-0.3, -0.25) is 4.79 Å². The zero-order valence-corrected chi connectivity index (χ0v) is 20.7. The number of rotatable bonds is 9. The quantitative estimate of drug-likeness (QED) is 0.274. The third-order valence-electron chi connectivity index (χ3n) is 6.29.